The van der Waals surface area contributed by atoms with Gasteiger partial charge in [-0.25, -0.2) is 0 Å². The Labute approximate surface area is 406 Å². The molecule has 0 bridgehead atoms. The Morgan fingerprint density at radius 2 is 1.08 bits per heavy atom. The van der Waals surface area contributed by atoms with Gasteiger partial charge in [-0.3, -0.25) is 0 Å². The standard InChI is InChI=1S/C31H29.C15H8F6.C11H17.2ClH.Zr/c1-18-11-20(3)30(21(4)12-18)24-7-9-28-26(15-24)17-27-16-25(8-10-29(27)28)31-22(5)13-19(2)14-23(31)6;16-14(17,18)12-5-1-3-10(8-12)7-11-4-2-6-13(9-11)15(19,20)21;1-5-9-6-7-10(8-9)11(2,3)4;;;/h7-15H,17H2,1-6H3;1-6,8-9H;7-9H,5H2,1-4H3;2*1H;/q;;;;;+2/p-2. The Bertz CT molecular complexity index is 2870. The molecule has 0 N–H and O–H groups in total. The Morgan fingerprint density at radius 3 is 1.56 bits per heavy atom. The average Bonchev–Trinajstić information content (AvgIpc) is 3.81. The molecule has 8 rings (SSSR count). The fourth-order valence-corrected chi connectivity index (χ4v) is 19.5. The summed E-state index contributed by atoms with van der Waals surface area (Å²) >= 11 is -4.06. The van der Waals surface area contributed by atoms with Crippen LogP contribution in [0, 0.1) is 52.9 Å². The molecule has 0 saturated heterocycles. The minimum Gasteiger partial charge on any atom is -1.00 e. The third kappa shape index (κ3) is 9.69. The van der Waals surface area contributed by atoms with Crippen molar-refractivity contribution in [1.82, 2.24) is 0 Å². The van der Waals surface area contributed by atoms with Crippen LogP contribution in [0.1, 0.15) is 101 Å². The quantitative estimate of drug-likeness (QED) is 0.140. The molecule has 0 radical (unpaired) electrons. The van der Waals surface area contributed by atoms with Crippen LogP contribution in [0.25, 0.3) is 33.4 Å². The van der Waals surface area contributed by atoms with Crippen LogP contribution >= 0.6 is 0 Å². The van der Waals surface area contributed by atoms with Crippen molar-refractivity contribution in [2.24, 2.45) is 11.3 Å². The van der Waals surface area contributed by atoms with Crippen LogP contribution in [0.4, 0.5) is 26.3 Å². The van der Waals surface area contributed by atoms with Crippen molar-refractivity contribution in [3.63, 3.8) is 0 Å². The van der Waals surface area contributed by atoms with Crippen LogP contribution in [0.15, 0.2) is 124 Å². The first-order valence-electron chi connectivity index (χ1n) is 22.0. The molecule has 0 nitrogen and oxygen atoms in total. The Balaban J connectivity index is 0.00000360. The van der Waals surface area contributed by atoms with Gasteiger partial charge in [-0.05, 0) is 0 Å². The number of hydrogen-bond acceptors (Lipinski definition) is 0. The maximum absolute atomic E-state index is 14.8. The van der Waals surface area contributed by atoms with Crippen LogP contribution in [-0.2, 0) is 40.0 Å². The van der Waals surface area contributed by atoms with Crippen LogP contribution in [0.3, 0.4) is 0 Å². The van der Waals surface area contributed by atoms with Gasteiger partial charge < -0.3 is 24.8 Å². The van der Waals surface area contributed by atoms with Gasteiger partial charge in [0.15, 0.2) is 0 Å². The minimum absolute atomic E-state index is 0. The summed E-state index contributed by atoms with van der Waals surface area (Å²) in [6.45, 7) is 21.3. The Hall–Kier alpha value is -4.29. The monoisotopic (exact) mass is 1010 g/mol. The van der Waals surface area contributed by atoms with Gasteiger partial charge >= 0.3 is 384 Å². The van der Waals surface area contributed by atoms with E-state index in [0.29, 0.717) is 20.8 Å². The van der Waals surface area contributed by atoms with E-state index in [4.69, 9.17) is 0 Å². The number of allylic oxidation sites excluding steroid dienone is 4. The van der Waals surface area contributed by atoms with Crippen molar-refractivity contribution in [2.75, 3.05) is 0 Å². The summed E-state index contributed by atoms with van der Waals surface area (Å²) in [7, 11) is 0. The molecule has 2 aliphatic rings. The van der Waals surface area contributed by atoms with Crippen molar-refractivity contribution < 1.29 is 72.4 Å². The van der Waals surface area contributed by atoms with Gasteiger partial charge in [-0.1, -0.05) is 0 Å². The van der Waals surface area contributed by atoms with Crippen LogP contribution in [-0.4, -0.2) is 3.21 Å². The van der Waals surface area contributed by atoms with Crippen molar-refractivity contribution in [3.8, 4) is 33.4 Å². The Kier molecular flexibility index (Phi) is 14.7. The topological polar surface area (TPSA) is 0 Å². The molecule has 0 spiro atoms. The molecule has 1 atom stereocenters. The van der Waals surface area contributed by atoms with E-state index in [2.05, 4.69) is 136 Å². The van der Waals surface area contributed by atoms with E-state index in [1.807, 2.05) is 0 Å². The largest absolute Gasteiger partial charge is 1.00 e. The maximum Gasteiger partial charge on any atom is -1.00 e. The molecule has 0 amide bonds. The number of hydrogen-bond donors (Lipinski definition) is 0. The number of aryl methyl sites for hydroxylation is 6. The zero-order chi connectivity index (χ0) is 46.2. The number of rotatable bonds is 7. The molecule has 6 aromatic carbocycles. The molecule has 0 aromatic heterocycles. The molecule has 66 heavy (non-hydrogen) atoms. The second-order valence-electron chi connectivity index (χ2n) is 19.0. The molecule has 6 aromatic rings. The summed E-state index contributed by atoms with van der Waals surface area (Å²) in [4.78, 5) is 0. The van der Waals surface area contributed by atoms with E-state index in [1.165, 1.54) is 46.5 Å². The van der Waals surface area contributed by atoms with Crippen molar-refractivity contribution in [3.05, 3.63) is 191 Å². The molecule has 0 aliphatic heterocycles. The predicted octanol–water partition coefficient (Wildman–Crippen LogP) is 9.90. The fraction of sp³-hybridized carbons (Fsp3) is 0.281. The van der Waals surface area contributed by atoms with E-state index in [9.17, 15) is 26.3 Å². The van der Waals surface area contributed by atoms with Crippen LogP contribution < -0.4 is 28.1 Å². The minimum atomic E-state index is -4.67. The van der Waals surface area contributed by atoms with Gasteiger partial charge in [0, 0.05) is 0 Å². The van der Waals surface area contributed by atoms with Gasteiger partial charge in [-0.2, -0.15) is 0 Å². The van der Waals surface area contributed by atoms with Gasteiger partial charge in [0.2, 0.25) is 0 Å². The van der Waals surface area contributed by atoms with Crippen molar-refractivity contribution in [2.45, 2.75) is 94.4 Å². The molecule has 1 unspecified atom stereocenters. The smallest absolute Gasteiger partial charge is 1.00 e. The van der Waals surface area contributed by atoms with E-state index in [0.717, 1.165) is 86.3 Å². The van der Waals surface area contributed by atoms with Gasteiger partial charge in [0.05, 0.1) is 0 Å². The van der Waals surface area contributed by atoms with Crippen molar-refractivity contribution in [1.29, 1.82) is 0 Å². The number of fused-ring (bicyclic) bond motifs is 3. The molecule has 342 valence electrons. The summed E-state index contributed by atoms with van der Waals surface area (Å²) in [6, 6.07) is 30.5. The van der Waals surface area contributed by atoms with Gasteiger partial charge in [0.1, 0.15) is 0 Å². The zero-order valence-electron chi connectivity index (χ0n) is 39.0. The summed E-state index contributed by atoms with van der Waals surface area (Å²) in [5.41, 5.74) is 15.5. The first-order chi connectivity index (χ1) is 30.0. The second-order valence-corrected chi connectivity index (χ2v) is 24.7. The third-order valence-electron chi connectivity index (χ3n) is 13.1. The normalized spacial score (nSPS) is 14.3. The fourth-order valence-electron chi connectivity index (χ4n) is 10.4. The van der Waals surface area contributed by atoms with Crippen molar-refractivity contribution >= 4 is 6.48 Å². The number of benzene rings is 6. The SMILES string of the molecule is CCC1C=C(C(C)(C)C)C=[C]1[Zr+2](=[C](c1cccc(C(F)(F)F)c1)c1cccc(C(F)(F)F)c1)[c]1c(-c2c(C)cc(C)cc2C)ccc2c1Cc1cc(-c3c(C)cc(C)cc3C)ccc1-2.[Cl-].[Cl-]. The first kappa shape index (κ1) is 51.1. The summed E-state index contributed by atoms with van der Waals surface area (Å²) in [6.07, 6.45) is -3.42. The molecule has 9 heteroatoms. The predicted molar refractivity (Wildman–Crippen MR) is 249 cm³/mol. The van der Waals surface area contributed by atoms with Crippen LogP contribution in [0.5, 0.6) is 0 Å². The summed E-state index contributed by atoms with van der Waals surface area (Å²) in [5.74, 6) is -0.0537. The molecule has 2 aliphatic carbocycles. The first-order valence-corrected chi connectivity index (χ1v) is 25.7. The average molecular weight is 1020 g/mol. The maximum atomic E-state index is 14.8. The molecule has 0 fully saturated rings. The van der Waals surface area contributed by atoms with E-state index < -0.39 is 44.7 Å². The van der Waals surface area contributed by atoms with E-state index in [-0.39, 0.29) is 36.1 Å². The summed E-state index contributed by atoms with van der Waals surface area (Å²) in [5, 5.41) is 0. The summed E-state index contributed by atoms with van der Waals surface area (Å²) < 4.78 is 91.5. The molecule has 0 saturated carbocycles. The van der Waals surface area contributed by atoms with Gasteiger partial charge in [-0.15, -0.1) is 0 Å². The second kappa shape index (κ2) is 19.0. The molecule has 0 heterocycles. The molecular formula is C57H54Cl2F6Zr. The molecular weight excluding hydrogens is 961 g/mol. The number of halogens is 8. The third-order valence-corrected chi connectivity index (χ3v) is 21.1. The van der Waals surface area contributed by atoms with Gasteiger partial charge in [0.25, 0.3) is 0 Å². The number of alkyl halides is 6. The van der Waals surface area contributed by atoms with E-state index >= 15 is 0 Å². The van der Waals surface area contributed by atoms with Crippen LogP contribution in [0.2, 0.25) is 0 Å². The zero-order valence-corrected chi connectivity index (χ0v) is 43.0. The van der Waals surface area contributed by atoms with E-state index in [1.54, 1.807) is 12.1 Å². The Morgan fingerprint density at radius 1 is 0.591 bits per heavy atom.